The van der Waals surface area contributed by atoms with Crippen molar-refractivity contribution < 1.29 is 0 Å². The maximum atomic E-state index is 4.45. The molecule has 0 spiro atoms. The van der Waals surface area contributed by atoms with Gasteiger partial charge in [0.15, 0.2) is 11.5 Å². The van der Waals surface area contributed by atoms with Crippen LogP contribution in [0, 0.1) is 6.92 Å². The van der Waals surface area contributed by atoms with E-state index in [9.17, 15) is 0 Å². The number of aryl methyl sites for hydroxylation is 1. The van der Waals surface area contributed by atoms with E-state index in [4.69, 9.17) is 0 Å². The van der Waals surface area contributed by atoms with Crippen LogP contribution in [-0.4, -0.2) is 26.9 Å². The van der Waals surface area contributed by atoms with E-state index in [1.54, 1.807) is 4.52 Å². The lowest BCUT2D eigenvalue weighted by Crippen LogP contribution is -1.99. The van der Waals surface area contributed by atoms with Crippen LogP contribution in [0.4, 0.5) is 5.69 Å². The summed E-state index contributed by atoms with van der Waals surface area (Å²) in [6.45, 7) is 1.95. The van der Waals surface area contributed by atoms with Gasteiger partial charge in [0.2, 0.25) is 0 Å². The SMILES string of the molecule is CNc1ccccc1-c1nnc2ccc(C)nn12. The lowest BCUT2D eigenvalue weighted by molar-refractivity contribution is 0.902. The fraction of sp³-hybridized carbons (Fsp3) is 0.154. The van der Waals surface area contributed by atoms with Crippen molar-refractivity contribution in [3.05, 3.63) is 42.1 Å². The Labute approximate surface area is 104 Å². The summed E-state index contributed by atoms with van der Waals surface area (Å²) in [4.78, 5) is 0. The van der Waals surface area contributed by atoms with Gasteiger partial charge in [0.1, 0.15) is 0 Å². The van der Waals surface area contributed by atoms with Gasteiger partial charge in [-0.1, -0.05) is 12.1 Å². The molecule has 5 nitrogen and oxygen atoms in total. The molecular formula is C13H13N5. The second-order valence-electron chi connectivity index (χ2n) is 4.06. The van der Waals surface area contributed by atoms with Crippen LogP contribution in [0.15, 0.2) is 36.4 Å². The van der Waals surface area contributed by atoms with Crippen LogP contribution in [0.5, 0.6) is 0 Å². The third-order valence-corrected chi connectivity index (χ3v) is 2.83. The molecule has 5 heteroatoms. The van der Waals surface area contributed by atoms with E-state index in [0.717, 1.165) is 28.4 Å². The Kier molecular flexibility index (Phi) is 2.44. The highest BCUT2D eigenvalue weighted by Crippen LogP contribution is 2.25. The van der Waals surface area contributed by atoms with Gasteiger partial charge in [-0.25, -0.2) is 0 Å². The number of aromatic nitrogens is 4. The van der Waals surface area contributed by atoms with Gasteiger partial charge in [-0.2, -0.15) is 9.61 Å². The zero-order valence-corrected chi connectivity index (χ0v) is 10.3. The average molecular weight is 239 g/mol. The fourth-order valence-electron chi connectivity index (χ4n) is 1.94. The second-order valence-corrected chi connectivity index (χ2v) is 4.06. The Morgan fingerprint density at radius 1 is 1.06 bits per heavy atom. The van der Waals surface area contributed by atoms with Crippen molar-refractivity contribution in [3.8, 4) is 11.4 Å². The minimum atomic E-state index is 0.749. The molecule has 0 bridgehead atoms. The standard InChI is InChI=1S/C13H13N5/c1-9-7-8-12-15-16-13(18(12)17-9)10-5-3-4-6-11(10)14-2/h3-8,14H,1-2H3. The molecule has 0 radical (unpaired) electrons. The Hall–Kier alpha value is -2.43. The van der Waals surface area contributed by atoms with Crippen LogP contribution >= 0.6 is 0 Å². The predicted octanol–water partition coefficient (Wildman–Crippen LogP) is 2.14. The summed E-state index contributed by atoms with van der Waals surface area (Å²) >= 11 is 0. The Morgan fingerprint density at radius 3 is 2.72 bits per heavy atom. The van der Waals surface area contributed by atoms with Gasteiger partial charge in [-0.3, -0.25) is 0 Å². The zero-order valence-electron chi connectivity index (χ0n) is 10.3. The molecule has 0 saturated heterocycles. The maximum Gasteiger partial charge on any atom is 0.187 e. The topological polar surface area (TPSA) is 55.1 Å². The summed E-state index contributed by atoms with van der Waals surface area (Å²) < 4.78 is 1.77. The van der Waals surface area contributed by atoms with Crippen LogP contribution in [0.25, 0.3) is 17.0 Å². The van der Waals surface area contributed by atoms with Gasteiger partial charge in [-0.05, 0) is 31.2 Å². The smallest absolute Gasteiger partial charge is 0.187 e. The molecule has 0 unspecified atom stereocenters. The van der Waals surface area contributed by atoms with Crippen molar-refractivity contribution in [3.63, 3.8) is 0 Å². The number of anilines is 1. The first kappa shape index (κ1) is 10.7. The van der Waals surface area contributed by atoms with Gasteiger partial charge in [0.05, 0.1) is 5.69 Å². The molecular weight excluding hydrogens is 226 g/mol. The molecule has 2 heterocycles. The van der Waals surface area contributed by atoms with Crippen LogP contribution in [0.3, 0.4) is 0 Å². The van der Waals surface area contributed by atoms with Crippen LogP contribution < -0.4 is 5.32 Å². The molecule has 3 rings (SSSR count). The monoisotopic (exact) mass is 239 g/mol. The number of rotatable bonds is 2. The highest BCUT2D eigenvalue weighted by Gasteiger charge is 2.12. The van der Waals surface area contributed by atoms with Crippen molar-refractivity contribution in [2.24, 2.45) is 0 Å². The Balaban J connectivity index is 2.28. The molecule has 1 aromatic carbocycles. The van der Waals surface area contributed by atoms with Gasteiger partial charge in [-0.15, -0.1) is 10.2 Å². The molecule has 3 aromatic rings. The van der Waals surface area contributed by atoms with E-state index in [-0.39, 0.29) is 0 Å². The van der Waals surface area contributed by atoms with E-state index < -0.39 is 0 Å². The van der Waals surface area contributed by atoms with Gasteiger partial charge in [0, 0.05) is 18.3 Å². The van der Waals surface area contributed by atoms with Crippen molar-refractivity contribution in [1.82, 2.24) is 19.8 Å². The molecule has 0 atom stereocenters. The second kappa shape index (κ2) is 4.10. The normalized spacial score (nSPS) is 10.8. The van der Waals surface area contributed by atoms with Crippen molar-refractivity contribution in [1.29, 1.82) is 0 Å². The van der Waals surface area contributed by atoms with Crippen molar-refractivity contribution in [2.75, 3.05) is 12.4 Å². The van der Waals surface area contributed by atoms with E-state index in [1.807, 2.05) is 50.4 Å². The number of fused-ring (bicyclic) bond motifs is 1. The molecule has 0 aliphatic carbocycles. The molecule has 2 aromatic heterocycles. The van der Waals surface area contributed by atoms with Crippen LogP contribution in [0.1, 0.15) is 5.69 Å². The van der Waals surface area contributed by atoms with Gasteiger partial charge < -0.3 is 5.32 Å². The number of benzene rings is 1. The number of hydrogen-bond donors (Lipinski definition) is 1. The molecule has 18 heavy (non-hydrogen) atoms. The summed E-state index contributed by atoms with van der Waals surface area (Å²) in [7, 11) is 1.89. The largest absolute Gasteiger partial charge is 0.388 e. The minimum absolute atomic E-state index is 0.749. The lowest BCUT2D eigenvalue weighted by atomic mass is 10.1. The Morgan fingerprint density at radius 2 is 1.89 bits per heavy atom. The molecule has 90 valence electrons. The first-order valence-corrected chi connectivity index (χ1v) is 5.76. The predicted molar refractivity (Wildman–Crippen MR) is 70.5 cm³/mol. The van der Waals surface area contributed by atoms with E-state index in [1.165, 1.54) is 0 Å². The van der Waals surface area contributed by atoms with E-state index in [0.29, 0.717) is 0 Å². The summed E-state index contributed by atoms with van der Waals surface area (Å²) in [5.41, 5.74) is 3.69. The quantitative estimate of drug-likeness (QED) is 0.744. The van der Waals surface area contributed by atoms with Crippen molar-refractivity contribution in [2.45, 2.75) is 6.92 Å². The number of nitrogens with one attached hydrogen (secondary N) is 1. The summed E-state index contributed by atoms with van der Waals surface area (Å²) in [5.74, 6) is 0.749. The highest BCUT2D eigenvalue weighted by molar-refractivity contribution is 5.74. The first-order chi connectivity index (χ1) is 8.79. The third kappa shape index (κ3) is 1.60. The van der Waals surface area contributed by atoms with Crippen molar-refractivity contribution >= 4 is 11.3 Å². The lowest BCUT2D eigenvalue weighted by Gasteiger charge is -2.06. The van der Waals surface area contributed by atoms with E-state index in [2.05, 4.69) is 20.6 Å². The zero-order chi connectivity index (χ0) is 12.5. The Bertz CT molecular complexity index is 701. The molecule has 1 N–H and O–H groups in total. The van der Waals surface area contributed by atoms with Crippen LogP contribution in [-0.2, 0) is 0 Å². The minimum Gasteiger partial charge on any atom is -0.388 e. The molecule has 0 fully saturated rings. The number of para-hydroxylation sites is 1. The average Bonchev–Trinajstić information content (AvgIpc) is 2.81. The summed E-state index contributed by atoms with van der Waals surface area (Å²) in [6, 6.07) is 11.8. The summed E-state index contributed by atoms with van der Waals surface area (Å²) in [6.07, 6.45) is 0. The van der Waals surface area contributed by atoms with E-state index >= 15 is 0 Å². The number of hydrogen-bond acceptors (Lipinski definition) is 4. The highest BCUT2D eigenvalue weighted by atomic mass is 15.4. The molecule has 0 aliphatic rings. The third-order valence-electron chi connectivity index (χ3n) is 2.83. The van der Waals surface area contributed by atoms with Gasteiger partial charge in [0.25, 0.3) is 0 Å². The fourth-order valence-corrected chi connectivity index (χ4v) is 1.94. The van der Waals surface area contributed by atoms with Crippen LogP contribution in [0.2, 0.25) is 0 Å². The summed E-state index contributed by atoms with van der Waals surface area (Å²) in [5, 5.41) is 16.0. The first-order valence-electron chi connectivity index (χ1n) is 5.76. The van der Waals surface area contributed by atoms with Gasteiger partial charge >= 0.3 is 0 Å². The molecule has 0 amide bonds. The molecule has 0 saturated carbocycles. The number of nitrogens with zero attached hydrogens (tertiary/aromatic N) is 4. The maximum absolute atomic E-state index is 4.45. The molecule has 0 aliphatic heterocycles.